The van der Waals surface area contributed by atoms with Gasteiger partial charge in [0.15, 0.2) is 0 Å². The van der Waals surface area contributed by atoms with Gasteiger partial charge in [0, 0.05) is 12.0 Å². The van der Waals surface area contributed by atoms with Crippen LogP contribution in [0.2, 0.25) is 0 Å². The van der Waals surface area contributed by atoms with Crippen molar-refractivity contribution in [2.24, 2.45) is 5.84 Å². The highest BCUT2D eigenvalue weighted by Gasteiger charge is 2.17. The predicted octanol–water partition coefficient (Wildman–Crippen LogP) is 2.73. The minimum absolute atomic E-state index is 0.143. The van der Waals surface area contributed by atoms with Crippen molar-refractivity contribution in [1.82, 2.24) is 5.43 Å². The Kier molecular flexibility index (Phi) is 4.12. The number of aryl methyl sites for hydroxylation is 1. The zero-order valence-corrected chi connectivity index (χ0v) is 10.3. The van der Waals surface area contributed by atoms with Crippen LogP contribution in [0.5, 0.6) is 0 Å². The van der Waals surface area contributed by atoms with Gasteiger partial charge in [-0.1, -0.05) is 25.1 Å². The van der Waals surface area contributed by atoms with Gasteiger partial charge in [-0.15, -0.1) is 0 Å². The summed E-state index contributed by atoms with van der Waals surface area (Å²) in [7, 11) is 0. The third kappa shape index (κ3) is 2.60. The van der Waals surface area contributed by atoms with Gasteiger partial charge in [0.05, 0.1) is 12.3 Å². The zero-order chi connectivity index (χ0) is 13.0. The SMILES string of the molecule is CCc1occc1C(Cc1ccccc1F)NN. The molecule has 0 saturated heterocycles. The van der Waals surface area contributed by atoms with Crippen molar-refractivity contribution in [3.63, 3.8) is 0 Å². The van der Waals surface area contributed by atoms with Crippen LogP contribution in [-0.4, -0.2) is 0 Å². The summed E-state index contributed by atoms with van der Waals surface area (Å²) >= 11 is 0. The molecule has 0 aliphatic carbocycles. The Bertz CT molecular complexity index is 510. The molecule has 96 valence electrons. The van der Waals surface area contributed by atoms with Crippen molar-refractivity contribution >= 4 is 0 Å². The number of benzene rings is 1. The Morgan fingerprint density at radius 3 is 2.78 bits per heavy atom. The summed E-state index contributed by atoms with van der Waals surface area (Å²) in [6.07, 6.45) is 2.92. The summed E-state index contributed by atoms with van der Waals surface area (Å²) < 4.78 is 19.0. The van der Waals surface area contributed by atoms with E-state index in [2.05, 4.69) is 5.43 Å². The molecule has 1 aromatic heterocycles. The molecule has 0 spiro atoms. The molecule has 0 fully saturated rings. The lowest BCUT2D eigenvalue weighted by atomic mass is 9.99. The van der Waals surface area contributed by atoms with Crippen molar-refractivity contribution in [3.8, 4) is 0 Å². The highest BCUT2D eigenvalue weighted by Crippen LogP contribution is 2.24. The van der Waals surface area contributed by atoms with Gasteiger partial charge in [-0.3, -0.25) is 11.3 Å². The lowest BCUT2D eigenvalue weighted by Gasteiger charge is -2.16. The Labute approximate surface area is 106 Å². The van der Waals surface area contributed by atoms with Crippen LogP contribution in [0.3, 0.4) is 0 Å². The van der Waals surface area contributed by atoms with Gasteiger partial charge in [0.1, 0.15) is 11.6 Å². The van der Waals surface area contributed by atoms with Crippen LogP contribution in [0.15, 0.2) is 41.0 Å². The van der Waals surface area contributed by atoms with Crippen LogP contribution in [0.25, 0.3) is 0 Å². The van der Waals surface area contributed by atoms with E-state index in [0.29, 0.717) is 12.0 Å². The summed E-state index contributed by atoms with van der Waals surface area (Å²) in [6, 6.07) is 8.46. The van der Waals surface area contributed by atoms with Crippen LogP contribution in [0.4, 0.5) is 4.39 Å². The normalized spacial score (nSPS) is 12.6. The van der Waals surface area contributed by atoms with Crippen molar-refractivity contribution in [2.45, 2.75) is 25.8 Å². The van der Waals surface area contributed by atoms with Gasteiger partial charge < -0.3 is 4.42 Å². The Morgan fingerprint density at radius 1 is 1.33 bits per heavy atom. The number of hydrogen-bond donors (Lipinski definition) is 2. The average molecular weight is 248 g/mol. The second-order valence-electron chi connectivity index (χ2n) is 4.17. The maximum Gasteiger partial charge on any atom is 0.126 e. The number of hydrogen-bond acceptors (Lipinski definition) is 3. The molecule has 0 amide bonds. The number of furan rings is 1. The molecule has 0 aliphatic heterocycles. The fourth-order valence-electron chi connectivity index (χ4n) is 2.09. The first-order valence-corrected chi connectivity index (χ1v) is 6.02. The largest absolute Gasteiger partial charge is 0.469 e. The molecule has 4 heteroatoms. The molecule has 3 N–H and O–H groups in total. The van der Waals surface area contributed by atoms with Crippen LogP contribution in [0.1, 0.15) is 29.9 Å². The quantitative estimate of drug-likeness (QED) is 0.632. The molecular formula is C14H17FN2O. The Morgan fingerprint density at radius 2 is 2.11 bits per heavy atom. The highest BCUT2D eigenvalue weighted by molar-refractivity contribution is 5.26. The second-order valence-corrected chi connectivity index (χ2v) is 4.17. The third-order valence-electron chi connectivity index (χ3n) is 3.06. The summed E-state index contributed by atoms with van der Waals surface area (Å²) in [5.41, 5.74) is 4.36. The maximum absolute atomic E-state index is 13.6. The fraction of sp³-hybridized carbons (Fsp3) is 0.286. The summed E-state index contributed by atoms with van der Waals surface area (Å²) in [5, 5.41) is 0. The molecule has 0 radical (unpaired) electrons. The third-order valence-corrected chi connectivity index (χ3v) is 3.06. The van der Waals surface area contributed by atoms with Crippen LogP contribution in [-0.2, 0) is 12.8 Å². The number of nitrogens with two attached hydrogens (primary N) is 1. The average Bonchev–Trinajstić information content (AvgIpc) is 2.86. The molecule has 0 bridgehead atoms. The van der Waals surface area contributed by atoms with Gasteiger partial charge in [0.25, 0.3) is 0 Å². The van der Waals surface area contributed by atoms with E-state index in [4.69, 9.17) is 10.3 Å². The van der Waals surface area contributed by atoms with E-state index in [0.717, 1.165) is 17.7 Å². The minimum Gasteiger partial charge on any atom is -0.469 e. The van der Waals surface area contributed by atoms with Gasteiger partial charge in [-0.25, -0.2) is 4.39 Å². The van der Waals surface area contributed by atoms with Crippen LogP contribution in [0, 0.1) is 5.82 Å². The van der Waals surface area contributed by atoms with Gasteiger partial charge in [0.2, 0.25) is 0 Å². The monoisotopic (exact) mass is 248 g/mol. The van der Waals surface area contributed by atoms with Gasteiger partial charge in [-0.05, 0) is 24.1 Å². The fourth-order valence-corrected chi connectivity index (χ4v) is 2.09. The van der Waals surface area contributed by atoms with E-state index in [-0.39, 0.29) is 11.9 Å². The topological polar surface area (TPSA) is 51.2 Å². The smallest absolute Gasteiger partial charge is 0.126 e. The number of halogens is 1. The molecule has 1 atom stereocenters. The van der Waals surface area contributed by atoms with Crippen molar-refractivity contribution in [3.05, 3.63) is 59.3 Å². The van der Waals surface area contributed by atoms with E-state index in [9.17, 15) is 4.39 Å². The molecule has 2 rings (SSSR count). The van der Waals surface area contributed by atoms with Gasteiger partial charge in [-0.2, -0.15) is 0 Å². The summed E-state index contributed by atoms with van der Waals surface area (Å²) in [5.74, 6) is 6.25. The van der Waals surface area contributed by atoms with Gasteiger partial charge >= 0.3 is 0 Å². The standard InChI is InChI=1S/C14H17FN2O/c1-2-14-11(7-8-18-14)13(17-16)9-10-5-3-4-6-12(10)15/h3-8,13,17H,2,9,16H2,1H3. The van der Waals surface area contributed by atoms with E-state index < -0.39 is 0 Å². The van der Waals surface area contributed by atoms with E-state index >= 15 is 0 Å². The number of hydrazine groups is 1. The van der Waals surface area contributed by atoms with Crippen molar-refractivity contribution in [2.75, 3.05) is 0 Å². The first-order chi connectivity index (χ1) is 8.76. The highest BCUT2D eigenvalue weighted by atomic mass is 19.1. The van der Waals surface area contributed by atoms with Crippen LogP contribution < -0.4 is 11.3 Å². The lowest BCUT2D eigenvalue weighted by Crippen LogP contribution is -2.30. The predicted molar refractivity (Wildman–Crippen MR) is 68.3 cm³/mol. The Balaban J connectivity index is 2.23. The van der Waals surface area contributed by atoms with Crippen molar-refractivity contribution < 1.29 is 8.81 Å². The molecule has 0 aliphatic rings. The van der Waals surface area contributed by atoms with E-state index in [1.54, 1.807) is 18.4 Å². The second kappa shape index (κ2) is 5.80. The molecule has 1 aromatic carbocycles. The molecule has 1 unspecified atom stereocenters. The molecule has 0 saturated carbocycles. The van der Waals surface area contributed by atoms with Crippen molar-refractivity contribution in [1.29, 1.82) is 0 Å². The van der Waals surface area contributed by atoms with E-state index in [1.165, 1.54) is 6.07 Å². The molecular weight excluding hydrogens is 231 g/mol. The number of nitrogens with one attached hydrogen (secondary N) is 1. The molecule has 1 heterocycles. The maximum atomic E-state index is 13.6. The molecule has 18 heavy (non-hydrogen) atoms. The lowest BCUT2D eigenvalue weighted by molar-refractivity contribution is 0.482. The number of rotatable bonds is 5. The summed E-state index contributed by atoms with van der Waals surface area (Å²) in [6.45, 7) is 2.01. The summed E-state index contributed by atoms with van der Waals surface area (Å²) in [4.78, 5) is 0. The first kappa shape index (κ1) is 12.8. The van der Waals surface area contributed by atoms with E-state index in [1.807, 2.05) is 19.1 Å². The Hall–Kier alpha value is -1.65. The molecule has 3 nitrogen and oxygen atoms in total. The minimum atomic E-state index is -0.209. The first-order valence-electron chi connectivity index (χ1n) is 6.02. The molecule has 2 aromatic rings. The van der Waals surface area contributed by atoms with Crippen LogP contribution >= 0.6 is 0 Å². The zero-order valence-electron chi connectivity index (χ0n) is 10.3.